The summed E-state index contributed by atoms with van der Waals surface area (Å²) in [5, 5.41) is 0. The zero-order valence-electron chi connectivity index (χ0n) is 12.6. The van der Waals surface area contributed by atoms with Gasteiger partial charge in [-0.15, -0.1) is 0 Å². The first-order chi connectivity index (χ1) is 10.7. The van der Waals surface area contributed by atoms with Crippen LogP contribution in [0.1, 0.15) is 12.8 Å². The Morgan fingerprint density at radius 2 is 1.32 bits per heavy atom. The third-order valence-electron chi connectivity index (χ3n) is 4.13. The van der Waals surface area contributed by atoms with Gasteiger partial charge in [0.1, 0.15) is 13.2 Å². The van der Waals surface area contributed by atoms with Crippen molar-refractivity contribution in [2.24, 2.45) is 23.7 Å². The molecule has 3 rings (SSSR count). The monoisotopic (exact) mass is 302 g/mol. The maximum absolute atomic E-state index is 12.4. The van der Waals surface area contributed by atoms with Crippen LogP contribution in [0, 0.1) is 23.7 Å². The lowest BCUT2D eigenvalue weighted by molar-refractivity contribution is -0.163. The molecule has 0 radical (unpaired) electrons. The second-order valence-electron chi connectivity index (χ2n) is 5.54. The highest BCUT2D eigenvalue weighted by Crippen LogP contribution is 2.41. The molecule has 0 amide bonds. The standard InChI is InChI=1S/C18H22O4/c1-3-11-21-17(19)15-13-7-5-6-8-14(10-9-13)16(15)18(20)22-12-4-2/h3-6,9-10,13-16H,1-2,7-8,11-12H2/b6-5-. The van der Waals surface area contributed by atoms with Crippen LogP contribution in [0.2, 0.25) is 0 Å². The third-order valence-corrected chi connectivity index (χ3v) is 4.13. The number of fused-ring (bicyclic) bond motifs is 3. The zero-order valence-corrected chi connectivity index (χ0v) is 12.6. The van der Waals surface area contributed by atoms with Crippen LogP contribution in [-0.2, 0) is 19.1 Å². The molecule has 3 aliphatic rings. The van der Waals surface area contributed by atoms with Gasteiger partial charge in [0, 0.05) is 0 Å². The minimum absolute atomic E-state index is 0.0357. The van der Waals surface area contributed by atoms with Gasteiger partial charge in [-0.3, -0.25) is 9.59 Å². The fraction of sp³-hybridized carbons (Fsp3) is 0.444. The minimum Gasteiger partial charge on any atom is -0.461 e. The Balaban J connectivity index is 2.26. The van der Waals surface area contributed by atoms with E-state index in [9.17, 15) is 9.59 Å². The van der Waals surface area contributed by atoms with Gasteiger partial charge >= 0.3 is 11.9 Å². The lowest BCUT2D eigenvalue weighted by Crippen LogP contribution is -2.43. The van der Waals surface area contributed by atoms with E-state index in [2.05, 4.69) is 25.3 Å². The van der Waals surface area contributed by atoms with Gasteiger partial charge in [0.25, 0.3) is 0 Å². The Morgan fingerprint density at radius 1 is 0.909 bits per heavy atom. The van der Waals surface area contributed by atoms with E-state index in [-0.39, 0.29) is 37.0 Å². The van der Waals surface area contributed by atoms with Crippen molar-refractivity contribution in [3.05, 3.63) is 49.6 Å². The second-order valence-corrected chi connectivity index (χ2v) is 5.54. The Hall–Kier alpha value is -2.10. The molecule has 4 atom stereocenters. The van der Waals surface area contributed by atoms with Crippen molar-refractivity contribution in [1.82, 2.24) is 0 Å². The Labute approximate surface area is 131 Å². The van der Waals surface area contributed by atoms with Crippen molar-refractivity contribution in [2.45, 2.75) is 12.8 Å². The Bertz CT molecular complexity index is 459. The molecule has 0 spiro atoms. The number of carbonyl (C=O) groups is 2. The van der Waals surface area contributed by atoms with Crippen LogP contribution < -0.4 is 0 Å². The van der Waals surface area contributed by atoms with E-state index >= 15 is 0 Å². The van der Waals surface area contributed by atoms with Gasteiger partial charge in [-0.05, 0) is 24.7 Å². The summed E-state index contributed by atoms with van der Waals surface area (Å²) >= 11 is 0. The lowest BCUT2D eigenvalue weighted by atomic mass is 9.67. The van der Waals surface area contributed by atoms with E-state index in [0.717, 1.165) is 12.8 Å². The molecule has 4 heteroatoms. The maximum Gasteiger partial charge on any atom is 0.310 e. The first-order valence-electron chi connectivity index (χ1n) is 7.57. The number of esters is 2. The zero-order chi connectivity index (χ0) is 15.9. The topological polar surface area (TPSA) is 52.6 Å². The normalized spacial score (nSPS) is 30.7. The van der Waals surface area contributed by atoms with Crippen molar-refractivity contribution in [1.29, 1.82) is 0 Å². The second kappa shape index (κ2) is 7.78. The number of hydrogen-bond acceptors (Lipinski definition) is 4. The molecule has 0 N–H and O–H groups in total. The van der Waals surface area contributed by atoms with Crippen LogP contribution in [0.3, 0.4) is 0 Å². The van der Waals surface area contributed by atoms with E-state index in [4.69, 9.17) is 9.47 Å². The average Bonchev–Trinajstić information content (AvgIpc) is 2.49. The van der Waals surface area contributed by atoms with E-state index < -0.39 is 11.8 Å². The number of hydrogen-bond donors (Lipinski definition) is 0. The Kier molecular flexibility index (Phi) is 5.75. The molecule has 118 valence electrons. The van der Waals surface area contributed by atoms with Gasteiger partial charge in [-0.25, -0.2) is 0 Å². The quantitative estimate of drug-likeness (QED) is 0.559. The minimum atomic E-state index is -0.503. The SMILES string of the molecule is C=CCOC(=O)C1C2C=CC(C/C=C\C2)C1C(=O)OCC=C. The molecular formula is C18H22O4. The predicted octanol–water partition coefficient (Wildman–Crippen LogP) is 2.83. The van der Waals surface area contributed by atoms with Crippen molar-refractivity contribution in [2.75, 3.05) is 13.2 Å². The average molecular weight is 302 g/mol. The molecule has 0 fully saturated rings. The van der Waals surface area contributed by atoms with Gasteiger partial charge in [-0.1, -0.05) is 49.6 Å². The summed E-state index contributed by atoms with van der Waals surface area (Å²) < 4.78 is 10.4. The molecule has 0 saturated carbocycles. The highest BCUT2D eigenvalue weighted by atomic mass is 16.5. The molecule has 4 nitrogen and oxygen atoms in total. The first kappa shape index (κ1) is 16.3. The van der Waals surface area contributed by atoms with Gasteiger partial charge < -0.3 is 9.47 Å². The van der Waals surface area contributed by atoms with Crippen LogP contribution in [0.5, 0.6) is 0 Å². The molecule has 2 bridgehead atoms. The van der Waals surface area contributed by atoms with Crippen LogP contribution in [0.25, 0.3) is 0 Å². The van der Waals surface area contributed by atoms with Crippen LogP contribution in [-0.4, -0.2) is 25.2 Å². The van der Waals surface area contributed by atoms with E-state index in [1.165, 1.54) is 12.2 Å². The van der Waals surface area contributed by atoms with Gasteiger partial charge in [-0.2, -0.15) is 0 Å². The molecule has 4 unspecified atom stereocenters. The summed E-state index contributed by atoms with van der Waals surface area (Å²) in [7, 11) is 0. The molecule has 3 aliphatic carbocycles. The van der Waals surface area contributed by atoms with E-state index in [1.807, 2.05) is 12.2 Å². The van der Waals surface area contributed by atoms with Crippen molar-refractivity contribution in [3.8, 4) is 0 Å². The number of rotatable bonds is 6. The van der Waals surface area contributed by atoms with Crippen LogP contribution in [0.4, 0.5) is 0 Å². The summed E-state index contributed by atoms with van der Waals surface area (Å²) in [5.74, 6) is -1.78. The molecule has 0 aromatic heterocycles. The van der Waals surface area contributed by atoms with Crippen molar-refractivity contribution >= 4 is 11.9 Å². The van der Waals surface area contributed by atoms with E-state index in [1.54, 1.807) is 0 Å². The summed E-state index contributed by atoms with van der Waals surface area (Å²) in [6.45, 7) is 7.40. The fourth-order valence-electron chi connectivity index (χ4n) is 3.13. The lowest BCUT2D eigenvalue weighted by Gasteiger charge is -2.37. The number of allylic oxidation sites excluding steroid dienone is 4. The van der Waals surface area contributed by atoms with Crippen molar-refractivity contribution < 1.29 is 19.1 Å². The fourth-order valence-corrected chi connectivity index (χ4v) is 3.13. The van der Waals surface area contributed by atoms with E-state index in [0.29, 0.717) is 0 Å². The first-order valence-corrected chi connectivity index (χ1v) is 7.57. The maximum atomic E-state index is 12.4. The highest BCUT2D eigenvalue weighted by Gasteiger charge is 2.46. The largest absolute Gasteiger partial charge is 0.461 e. The number of ether oxygens (including phenoxy) is 2. The molecule has 22 heavy (non-hydrogen) atoms. The molecule has 0 aromatic carbocycles. The Morgan fingerprint density at radius 3 is 1.68 bits per heavy atom. The molecule has 0 aliphatic heterocycles. The third kappa shape index (κ3) is 3.56. The summed E-state index contributed by atoms with van der Waals surface area (Å²) in [5.41, 5.74) is 0. The molecule has 0 saturated heterocycles. The summed E-state index contributed by atoms with van der Waals surface area (Å²) in [6, 6.07) is 0. The van der Waals surface area contributed by atoms with Crippen LogP contribution >= 0.6 is 0 Å². The molecular weight excluding hydrogens is 280 g/mol. The van der Waals surface area contributed by atoms with Crippen molar-refractivity contribution in [3.63, 3.8) is 0 Å². The number of carbonyl (C=O) groups excluding carboxylic acids is 2. The summed E-state index contributed by atoms with van der Waals surface area (Å²) in [6.07, 6.45) is 12.7. The van der Waals surface area contributed by atoms with Gasteiger partial charge in [0.15, 0.2) is 0 Å². The highest BCUT2D eigenvalue weighted by molar-refractivity contribution is 5.83. The predicted molar refractivity (Wildman–Crippen MR) is 83.8 cm³/mol. The molecule has 0 aromatic rings. The van der Waals surface area contributed by atoms with Gasteiger partial charge in [0.2, 0.25) is 0 Å². The summed E-state index contributed by atoms with van der Waals surface area (Å²) in [4.78, 5) is 24.9. The van der Waals surface area contributed by atoms with Crippen LogP contribution in [0.15, 0.2) is 49.6 Å². The smallest absolute Gasteiger partial charge is 0.310 e. The molecule has 0 heterocycles. The van der Waals surface area contributed by atoms with Gasteiger partial charge in [0.05, 0.1) is 11.8 Å².